The molecule has 0 radical (unpaired) electrons. The fraction of sp³-hybridized carbons (Fsp3) is 0.273. The molecule has 0 aliphatic rings. The van der Waals surface area contributed by atoms with Crippen LogP contribution in [0.5, 0.6) is 0 Å². The number of allylic oxidation sites excluding steroid dienone is 1. The van der Waals surface area contributed by atoms with E-state index in [9.17, 15) is 12.8 Å². The maximum atomic E-state index is 12.9. The van der Waals surface area contributed by atoms with Crippen molar-refractivity contribution in [3.8, 4) is 0 Å². The summed E-state index contributed by atoms with van der Waals surface area (Å²) in [5.74, 6) is -0.342. The Bertz CT molecular complexity index is 495. The van der Waals surface area contributed by atoms with Gasteiger partial charge in [-0.3, -0.25) is 0 Å². The second-order valence-corrected chi connectivity index (χ2v) is 6.34. The molecule has 0 atom stereocenters. The zero-order valence-electron chi connectivity index (χ0n) is 8.78. The third-order valence-electron chi connectivity index (χ3n) is 2.02. The summed E-state index contributed by atoms with van der Waals surface area (Å²) < 4.78 is 34.2. The second-order valence-electron chi connectivity index (χ2n) is 3.44. The van der Waals surface area contributed by atoms with E-state index in [0.717, 1.165) is 5.56 Å². The molecular formula is C11H12ClFO2S. The van der Waals surface area contributed by atoms with Crippen molar-refractivity contribution in [3.05, 3.63) is 41.2 Å². The van der Waals surface area contributed by atoms with Gasteiger partial charge in [0.2, 0.25) is 9.05 Å². The van der Waals surface area contributed by atoms with E-state index < -0.39 is 9.05 Å². The first-order chi connectivity index (χ1) is 7.38. The normalized spacial score (nSPS) is 12.2. The van der Waals surface area contributed by atoms with Crippen molar-refractivity contribution in [1.82, 2.24) is 0 Å². The fourth-order valence-electron chi connectivity index (χ4n) is 1.20. The van der Waals surface area contributed by atoms with Crippen LogP contribution in [-0.4, -0.2) is 14.2 Å². The van der Waals surface area contributed by atoms with E-state index in [1.807, 2.05) is 0 Å². The van der Waals surface area contributed by atoms with Crippen LogP contribution in [0.4, 0.5) is 4.39 Å². The predicted molar refractivity (Wildman–Crippen MR) is 64.4 cm³/mol. The van der Waals surface area contributed by atoms with Crippen LogP contribution in [0.15, 0.2) is 24.3 Å². The summed E-state index contributed by atoms with van der Waals surface area (Å²) >= 11 is 0. The van der Waals surface area contributed by atoms with Crippen LogP contribution in [0.3, 0.4) is 0 Å². The highest BCUT2D eigenvalue weighted by molar-refractivity contribution is 8.13. The lowest BCUT2D eigenvalue weighted by Gasteiger charge is -1.97. The van der Waals surface area contributed by atoms with Gasteiger partial charge in [0, 0.05) is 10.7 Å². The molecule has 0 amide bonds. The van der Waals surface area contributed by atoms with Gasteiger partial charge in [-0.1, -0.05) is 18.2 Å². The van der Waals surface area contributed by atoms with Crippen LogP contribution < -0.4 is 0 Å². The minimum Gasteiger partial charge on any atom is -0.212 e. The molecule has 0 aliphatic heterocycles. The molecule has 2 nitrogen and oxygen atoms in total. The smallest absolute Gasteiger partial charge is 0.212 e. The Kier molecular flexibility index (Phi) is 4.50. The molecule has 0 saturated carbocycles. The van der Waals surface area contributed by atoms with Crippen LogP contribution in [-0.2, 0) is 9.05 Å². The predicted octanol–water partition coefficient (Wildman–Crippen LogP) is 3.11. The topological polar surface area (TPSA) is 34.1 Å². The number of halogens is 2. The summed E-state index contributed by atoms with van der Waals surface area (Å²) in [6.07, 6.45) is 3.80. The first kappa shape index (κ1) is 13.2. The van der Waals surface area contributed by atoms with Crippen molar-refractivity contribution in [2.24, 2.45) is 0 Å². The Balaban J connectivity index is 2.60. The molecule has 0 aromatic heterocycles. The Morgan fingerprint density at radius 2 is 2.12 bits per heavy atom. The molecule has 88 valence electrons. The van der Waals surface area contributed by atoms with E-state index in [1.165, 1.54) is 6.07 Å². The van der Waals surface area contributed by atoms with Gasteiger partial charge in [-0.2, -0.15) is 0 Å². The Morgan fingerprint density at radius 3 is 2.69 bits per heavy atom. The molecule has 1 rings (SSSR count). The highest BCUT2D eigenvalue weighted by Crippen LogP contribution is 2.11. The van der Waals surface area contributed by atoms with E-state index in [0.29, 0.717) is 12.0 Å². The van der Waals surface area contributed by atoms with Gasteiger partial charge in [0.25, 0.3) is 0 Å². The summed E-state index contributed by atoms with van der Waals surface area (Å²) in [7, 11) is 1.62. The van der Waals surface area contributed by atoms with Gasteiger partial charge in [-0.25, -0.2) is 12.8 Å². The zero-order chi connectivity index (χ0) is 12.2. The van der Waals surface area contributed by atoms with Gasteiger partial charge in [0.1, 0.15) is 5.82 Å². The van der Waals surface area contributed by atoms with Crippen LogP contribution >= 0.6 is 10.7 Å². The van der Waals surface area contributed by atoms with Crippen LogP contribution in [0.2, 0.25) is 0 Å². The SMILES string of the molecule is Cc1cc(/C=C/CCS(=O)(=O)Cl)ccc1F. The third-order valence-corrected chi connectivity index (χ3v) is 3.21. The summed E-state index contributed by atoms with van der Waals surface area (Å²) in [6, 6.07) is 4.71. The van der Waals surface area contributed by atoms with E-state index >= 15 is 0 Å². The molecule has 0 heterocycles. The summed E-state index contributed by atoms with van der Waals surface area (Å²) in [4.78, 5) is 0. The van der Waals surface area contributed by atoms with Gasteiger partial charge >= 0.3 is 0 Å². The summed E-state index contributed by atoms with van der Waals surface area (Å²) in [6.45, 7) is 1.68. The molecule has 0 aliphatic carbocycles. The molecule has 0 saturated heterocycles. The Hall–Kier alpha value is -0.870. The first-order valence-corrected chi connectivity index (χ1v) is 7.21. The monoisotopic (exact) mass is 262 g/mol. The van der Waals surface area contributed by atoms with Crippen molar-refractivity contribution in [2.45, 2.75) is 13.3 Å². The van der Waals surface area contributed by atoms with Crippen LogP contribution in [0, 0.1) is 12.7 Å². The molecule has 0 fully saturated rings. The maximum absolute atomic E-state index is 12.9. The Morgan fingerprint density at radius 1 is 1.44 bits per heavy atom. The average Bonchev–Trinajstić information content (AvgIpc) is 2.17. The number of hydrogen-bond donors (Lipinski definition) is 0. The number of rotatable bonds is 4. The van der Waals surface area contributed by atoms with Gasteiger partial charge in [0.05, 0.1) is 5.75 Å². The summed E-state index contributed by atoms with van der Waals surface area (Å²) in [5, 5.41) is 0. The molecular weight excluding hydrogens is 251 g/mol. The fourth-order valence-corrected chi connectivity index (χ4v) is 1.88. The minimum absolute atomic E-state index is 0.0920. The molecule has 1 aromatic carbocycles. The van der Waals surface area contributed by atoms with Crippen molar-refractivity contribution in [2.75, 3.05) is 5.75 Å². The van der Waals surface area contributed by atoms with E-state index in [2.05, 4.69) is 0 Å². The van der Waals surface area contributed by atoms with E-state index in [1.54, 1.807) is 31.2 Å². The van der Waals surface area contributed by atoms with Crippen LogP contribution in [0.1, 0.15) is 17.5 Å². The molecule has 1 aromatic rings. The largest absolute Gasteiger partial charge is 0.232 e. The standard InChI is InChI=1S/C11H12ClFO2S/c1-9-8-10(5-6-11(9)13)4-2-3-7-16(12,14)15/h2,4-6,8H,3,7H2,1H3/b4-2+. The molecule has 5 heteroatoms. The summed E-state index contributed by atoms with van der Waals surface area (Å²) in [5.41, 5.74) is 1.40. The number of aryl methyl sites for hydroxylation is 1. The quantitative estimate of drug-likeness (QED) is 0.782. The lowest BCUT2D eigenvalue weighted by Crippen LogP contribution is -1.94. The van der Waals surface area contributed by atoms with Crippen molar-refractivity contribution in [3.63, 3.8) is 0 Å². The highest BCUT2D eigenvalue weighted by atomic mass is 35.7. The van der Waals surface area contributed by atoms with Gasteiger partial charge in [0.15, 0.2) is 0 Å². The van der Waals surface area contributed by atoms with Gasteiger partial charge in [-0.05, 0) is 36.6 Å². The maximum Gasteiger partial charge on any atom is 0.232 e. The average molecular weight is 263 g/mol. The van der Waals surface area contributed by atoms with E-state index in [-0.39, 0.29) is 11.6 Å². The van der Waals surface area contributed by atoms with Crippen molar-refractivity contribution >= 4 is 25.8 Å². The van der Waals surface area contributed by atoms with Crippen molar-refractivity contribution < 1.29 is 12.8 Å². The first-order valence-electron chi connectivity index (χ1n) is 4.73. The lowest BCUT2D eigenvalue weighted by atomic mass is 10.1. The third kappa shape index (κ3) is 4.77. The molecule has 0 bridgehead atoms. The van der Waals surface area contributed by atoms with Gasteiger partial charge in [-0.15, -0.1) is 0 Å². The molecule has 16 heavy (non-hydrogen) atoms. The molecule has 0 unspecified atom stereocenters. The minimum atomic E-state index is -3.43. The Labute approximate surface area is 99.2 Å². The number of benzene rings is 1. The number of hydrogen-bond acceptors (Lipinski definition) is 2. The van der Waals surface area contributed by atoms with Crippen molar-refractivity contribution in [1.29, 1.82) is 0 Å². The van der Waals surface area contributed by atoms with Crippen LogP contribution in [0.25, 0.3) is 6.08 Å². The van der Waals surface area contributed by atoms with E-state index in [4.69, 9.17) is 10.7 Å². The lowest BCUT2D eigenvalue weighted by molar-refractivity contribution is 0.609. The zero-order valence-corrected chi connectivity index (χ0v) is 10.4. The highest BCUT2D eigenvalue weighted by Gasteiger charge is 2.01. The molecule has 0 spiro atoms. The van der Waals surface area contributed by atoms with Gasteiger partial charge < -0.3 is 0 Å². The molecule has 0 N–H and O–H groups in total. The second kappa shape index (κ2) is 5.46.